The van der Waals surface area contributed by atoms with E-state index < -0.39 is 0 Å². The summed E-state index contributed by atoms with van der Waals surface area (Å²) in [6.07, 6.45) is 2.25. The maximum absolute atomic E-state index is 4.69. The minimum atomic E-state index is 0.839. The lowest BCUT2D eigenvalue weighted by molar-refractivity contribution is 0.656. The normalized spacial score (nSPS) is 11.0. The van der Waals surface area contributed by atoms with Crippen LogP contribution < -0.4 is 5.32 Å². The molecule has 0 aliphatic rings. The lowest BCUT2D eigenvalue weighted by atomic mass is 10.1. The topological polar surface area (TPSA) is 29.9 Å². The molecule has 0 unspecified atom stereocenters. The van der Waals surface area contributed by atoms with E-state index in [1.807, 2.05) is 7.05 Å². The van der Waals surface area contributed by atoms with Crippen LogP contribution in [-0.2, 0) is 13.0 Å². The number of hydrogen-bond acceptors (Lipinski definition) is 2. The fraction of sp³-hybridized carbons (Fsp3) is 0.438. The van der Waals surface area contributed by atoms with Gasteiger partial charge in [0.25, 0.3) is 0 Å². The molecule has 0 aliphatic heterocycles. The van der Waals surface area contributed by atoms with Crippen molar-refractivity contribution in [2.24, 2.45) is 0 Å². The second kappa shape index (κ2) is 7.04. The highest BCUT2D eigenvalue weighted by Crippen LogP contribution is 2.17. The molecular formula is C16H22BrN3. The van der Waals surface area contributed by atoms with Crippen molar-refractivity contribution in [2.45, 2.75) is 33.2 Å². The molecule has 0 saturated heterocycles. The zero-order valence-corrected chi connectivity index (χ0v) is 14.0. The van der Waals surface area contributed by atoms with Crippen molar-refractivity contribution in [3.8, 4) is 0 Å². The zero-order valence-electron chi connectivity index (χ0n) is 12.4. The van der Waals surface area contributed by atoms with Gasteiger partial charge in [0.1, 0.15) is 0 Å². The Morgan fingerprint density at radius 2 is 1.90 bits per heavy atom. The second-order valence-corrected chi connectivity index (χ2v) is 6.06. The van der Waals surface area contributed by atoms with Gasteiger partial charge in [-0.1, -0.05) is 28.1 Å². The maximum atomic E-state index is 4.69. The highest BCUT2D eigenvalue weighted by atomic mass is 79.9. The Kier molecular flexibility index (Phi) is 5.38. The average Bonchev–Trinajstić information content (AvgIpc) is 2.69. The van der Waals surface area contributed by atoms with Gasteiger partial charge < -0.3 is 5.32 Å². The van der Waals surface area contributed by atoms with Gasteiger partial charge in [-0.05, 0) is 63.5 Å². The molecule has 0 atom stereocenters. The van der Waals surface area contributed by atoms with Crippen molar-refractivity contribution in [3.63, 3.8) is 0 Å². The van der Waals surface area contributed by atoms with E-state index in [2.05, 4.69) is 64.0 Å². The molecule has 108 valence electrons. The van der Waals surface area contributed by atoms with E-state index in [1.54, 1.807) is 0 Å². The van der Waals surface area contributed by atoms with Crippen molar-refractivity contribution in [1.29, 1.82) is 0 Å². The molecule has 1 aromatic carbocycles. The number of halogens is 1. The van der Waals surface area contributed by atoms with E-state index in [0.29, 0.717) is 0 Å². The third-order valence-electron chi connectivity index (χ3n) is 3.63. The highest BCUT2D eigenvalue weighted by Gasteiger charge is 2.11. The molecule has 1 heterocycles. The molecular weight excluding hydrogens is 314 g/mol. The lowest BCUT2D eigenvalue weighted by Crippen LogP contribution is -2.09. The molecule has 0 saturated carbocycles. The van der Waals surface area contributed by atoms with Gasteiger partial charge in [0.15, 0.2) is 0 Å². The van der Waals surface area contributed by atoms with E-state index in [9.17, 15) is 0 Å². The van der Waals surface area contributed by atoms with Gasteiger partial charge in [-0.25, -0.2) is 0 Å². The van der Waals surface area contributed by atoms with E-state index in [4.69, 9.17) is 5.10 Å². The zero-order chi connectivity index (χ0) is 14.5. The molecule has 2 aromatic rings. The number of aromatic nitrogens is 2. The Labute approximate surface area is 129 Å². The van der Waals surface area contributed by atoms with Gasteiger partial charge in [0.2, 0.25) is 0 Å². The fourth-order valence-electron chi connectivity index (χ4n) is 2.45. The number of benzene rings is 1. The first-order chi connectivity index (χ1) is 9.61. The predicted molar refractivity (Wildman–Crippen MR) is 87.2 cm³/mol. The van der Waals surface area contributed by atoms with E-state index in [1.165, 1.54) is 16.8 Å². The van der Waals surface area contributed by atoms with Crippen molar-refractivity contribution in [2.75, 3.05) is 13.6 Å². The first-order valence-electron chi connectivity index (χ1n) is 7.03. The van der Waals surface area contributed by atoms with Gasteiger partial charge in [0.05, 0.1) is 12.2 Å². The summed E-state index contributed by atoms with van der Waals surface area (Å²) in [5.74, 6) is 0. The molecule has 0 aliphatic carbocycles. The van der Waals surface area contributed by atoms with Crippen LogP contribution in [0.2, 0.25) is 0 Å². The quantitative estimate of drug-likeness (QED) is 0.819. The second-order valence-electron chi connectivity index (χ2n) is 5.14. The third kappa shape index (κ3) is 3.70. The molecule has 1 aromatic heterocycles. The Morgan fingerprint density at radius 3 is 2.55 bits per heavy atom. The van der Waals surface area contributed by atoms with Crippen LogP contribution in [0.15, 0.2) is 28.7 Å². The van der Waals surface area contributed by atoms with Gasteiger partial charge >= 0.3 is 0 Å². The molecule has 4 heteroatoms. The minimum Gasteiger partial charge on any atom is -0.320 e. The van der Waals surface area contributed by atoms with Gasteiger partial charge in [0, 0.05) is 10.2 Å². The van der Waals surface area contributed by atoms with Crippen molar-refractivity contribution in [1.82, 2.24) is 15.1 Å². The Balaban J connectivity index is 2.12. The molecule has 0 radical (unpaired) electrons. The SMILES string of the molecule is CNCCCc1c(C)nn(Cc2ccc(Br)cc2)c1C. The summed E-state index contributed by atoms with van der Waals surface area (Å²) >= 11 is 3.47. The maximum Gasteiger partial charge on any atom is 0.0662 e. The van der Waals surface area contributed by atoms with E-state index in [-0.39, 0.29) is 0 Å². The van der Waals surface area contributed by atoms with Gasteiger partial charge in [-0.2, -0.15) is 5.10 Å². The van der Waals surface area contributed by atoms with E-state index in [0.717, 1.165) is 36.1 Å². The first-order valence-corrected chi connectivity index (χ1v) is 7.83. The average molecular weight is 336 g/mol. The summed E-state index contributed by atoms with van der Waals surface area (Å²) < 4.78 is 3.23. The monoisotopic (exact) mass is 335 g/mol. The summed E-state index contributed by atoms with van der Waals surface area (Å²) in [4.78, 5) is 0. The van der Waals surface area contributed by atoms with Crippen LogP contribution in [-0.4, -0.2) is 23.4 Å². The third-order valence-corrected chi connectivity index (χ3v) is 4.16. The van der Waals surface area contributed by atoms with E-state index >= 15 is 0 Å². The Morgan fingerprint density at radius 1 is 1.20 bits per heavy atom. The summed E-state index contributed by atoms with van der Waals surface area (Å²) in [5.41, 5.74) is 5.13. The minimum absolute atomic E-state index is 0.839. The molecule has 0 fully saturated rings. The molecule has 0 spiro atoms. The van der Waals surface area contributed by atoms with Crippen LogP contribution in [0, 0.1) is 13.8 Å². The largest absolute Gasteiger partial charge is 0.320 e. The van der Waals surface area contributed by atoms with Crippen LogP contribution >= 0.6 is 15.9 Å². The molecule has 0 bridgehead atoms. The molecule has 1 N–H and O–H groups in total. The number of nitrogens with one attached hydrogen (secondary N) is 1. The van der Waals surface area contributed by atoms with Gasteiger partial charge in [-0.15, -0.1) is 0 Å². The molecule has 2 rings (SSSR count). The molecule has 20 heavy (non-hydrogen) atoms. The van der Waals surface area contributed by atoms with Crippen LogP contribution in [0.5, 0.6) is 0 Å². The van der Waals surface area contributed by atoms with Gasteiger partial charge in [-0.3, -0.25) is 4.68 Å². The standard InChI is InChI=1S/C16H22BrN3/c1-12-16(5-4-10-18-3)13(2)20(19-12)11-14-6-8-15(17)9-7-14/h6-9,18H,4-5,10-11H2,1-3H3. The van der Waals surface area contributed by atoms with Crippen molar-refractivity contribution >= 4 is 15.9 Å². The highest BCUT2D eigenvalue weighted by molar-refractivity contribution is 9.10. The van der Waals surface area contributed by atoms with Crippen molar-refractivity contribution in [3.05, 3.63) is 51.3 Å². The summed E-state index contributed by atoms with van der Waals surface area (Å²) in [7, 11) is 2.00. The van der Waals surface area contributed by atoms with Crippen LogP contribution in [0.3, 0.4) is 0 Å². The Bertz CT molecular complexity index is 558. The molecule has 0 amide bonds. The van der Waals surface area contributed by atoms with Crippen LogP contribution in [0.1, 0.15) is 28.9 Å². The summed E-state index contributed by atoms with van der Waals surface area (Å²) in [6.45, 7) is 6.18. The summed E-state index contributed by atoms with van der Waals surface area (Å²) in [6, 6.07) is 8.44. The van der Waals surface area contributed by atoms with Crippen LogP contribution in [0.4, 0.5) is 0 Å². The number of aryl methyl sites for hydroxylation is 1. The van der Waals surface area contributed by atoms with Crippen molar-refractivity contribution < 1.29 is 0 Å². The fourth-order valence-corrected chi connectivity index (χ4v) is 2.72. The van der Waals surface area contributed by atoms with Crippen LogP contribution in [0.25, 0.3) is 0 Å². The number of nitrogens with zero attached hydrogens (tertiary/aromatic N) is 2. The smallest absolute Gasteiger partial charge is 0.0662 e. The summed E-state index contributed by atoms with van der Waals surface area (Å²) in [5, 5.41) is 7.89. The molecule has 3 nitrogen and oxygen atoms in total. The first kappa shape index (κ1) is 15.3. The number of rotatable bonds is 6. The Hall–Kier alpha value is -1.13. The number of hydrogen-bond donors (Lipinski definition) is 1. The lowest BCUT2D eigenvalue weighted by Gasteiger charge is -2.06. The predicted octanol–water partition coefficient (Wildman–Crippen LogP) is 3.46.